The van der Waals surface area contributed by atoms with Crippen LogP contribution in [0.4, 0.5) is 4.79 Å². The van der Waals surface area contributed by atoms with Crippen LogP contribution >= 0.6 is 11.3 Å². The number of urea groups is 1. The van der Waals surface area contributed by atoms with Crippen molar-refractivity contribution in [3.63, 3.8) is 0 Å². The molecule has 1 unspecified atom stereocenters. The number of aromatic nitrogens is 4. The smallest absolute Gasteiger partial charge is 0.345 e. The lowest BCUT2D eigenvalue weighted by molar-refractivity contribution is -0.0578. The van der Waals surface area contributed by atoms with Gasteiger partial charge in [0.15, 0.2) is 5.82 Å². The molecule has 0 spiro atoms. The van der Waals surface area contributed by atoms with Crippen molar-refractivity contribution in [2.45, 2.75) is 44.5 Å². The second-order valence-corrected chi connectivity index (χ2v) is 14.3. The molecule has 0 aromatic carbocycles. The molecule has 2 aromatic rings. The zero-order valence-electron chi connectivity index (χ0n) is 15.0. The van der Waals surface area contributed by atoms with E-state index in [-0.39, 0.29) is 6.04 Å². The first kappa shape index (κ1) is 17.6. The highest BCUT2D eigenvalue weighted by molar-refractivity contribution is 7.09. The molecule has 140 valence electrons. The van der Waals surface area contributed by atoms with Crippen LogP contribution < -0.4 is 0 Å². The number of rotatable bonds is 6. The summed E-state index contributed by atoms with van der Waals surface area (Å²) in [5.74, 6) is 0.604. The Labute approximate surface area is 156 Å². The third-order valence-electron chi connectivity index (χ3n) is 4.72. The predicted molar refractivity (Wildman–Crippen MR) is 96.6 cm³/mol. The number of hydrogen-bond acceptors (Lipinski definition) is 7. The molecule has 4 heterocycles. The van der Waals surface area contributed by atoms with E-state index in [1.54, 1.807) is 16.7 Å². The van der Waals surface area contributed by atoms with E-state index in [1.807, 2.05) is 4.57 Å². The average Bonchev–Trinajstić information content (AvgIpc) is 3.28. The summed E-state index contributed by atoms with van der Waals surface area (Å²) in [5, 5.41) is 19.2. The molecule has 4 rings (SSSR count). The highest BCUT2D eigenvalue weighted by atomic mass is 32.1. The number of thiazole rings is 1. The second-order valence-electron chi connectivity index (χ2n) is 7.81. The summed E-state index contributed by atoms with van der Waals surface area (Å²) in [6, 6.07) is -0.166. The Morgan fingerprint density at radius 3 is 3.00 bits per heavy atom. The van der Waals surface area contributed by atoms with Crippen molar-refractivity contribution in [1.29, 1.82) is 0 Å². The molecule has 0 saturated carbocycles. The van der Waals surface area contributed by atoms with Crippen LogP contribution in [0, 0.1) is 0 Å². The zero-order chi connectivity index (χ0) is 18.5. The van der Waals surface area contributed by atoms with E-state index in [0.29, 0.717) is 25.7 Å². The average molecular weight is 395 g/mol. The first-order valence-corrected chi connectivity index (χ1v) is 13.1. The number of fused-ring (bicyclic) bond motifs is 4. The highest BCUT2D eigenvalue weighted by Gasteiger charge is 2.51. The Morgan fingerprint density at radius 1 is 1.42 bits per heavy atom. The quantitative estimate of drug-likeness (QED) is 0.459. The van der Waals surface area contributed by atoms with Crippen molar-refractivity contribution >= 4 is 25.4 Å². The monoisotopic (exact) mass is 394 g/mol. The van der Waals surface area contributed by atoms with Crippen molar-refractivity contribution in [3.8, 4) is 0 Å². The van der Waals surface area contributed by atoms with Gasteiger partial charge in [0.05, 0.1) is 22.6 Å². The van der Waals surface area contributed by atoms with Crippen molar-refractivity contribution in [1.82, 2.24) is 29.7 Å². The summed E-state index contributed by atoms with van der Waals surface area (Å²) >= 11 is 1.45. The summed E-state index contributed by atoms with van der Waals surface area (Å²) in [6.45, 7) is 8.36. The molecule has 2 aliphatic heterocycles. The number of amides is 2. The first-order valence-electron chi connectivity index (χ1n) is 8.54. The van der Waals surface area contributed by atoms with E-state index < -0.39 is 20.1 Å². The maximum absolute atomic E-state index is 12.4. The number of hydroxylamine groups is 2. The fourth-order valence-electron chi connectivity index (χ4n) is 3.26. The molecule has 26 heavy (non-hydrogen) atoms. The van der Waals surface area contributed by atoms with Gasteiger partial charge in [0.2, 0.25) is 0 Å². The van der Waals surface area contributed by atoms with Crippen LogP contribution in [0.5, 0.6) is 0 Å². The normalized spacial score (nSPS) is 22.2. The first-order chi connectivity index (χ1) is 12.4. The van der Waals surface area contributed by atoms with Gasteiger partial charge in [-0.1, -0.05) is 19.6 Å². The third kappa shape index (κ3) is 2.94. The number of carbonyl (C=O) groups is 1. The summed E-state index contributed by atoms with van der Waals surface area (Å²) < 4.78 is 7.63. The number of hydrogen-bond donors (Lipinski definition) is 1. The van der Waals surface area contributed by atoms with Crippen LogP contribution in [-0.2, 0) is 11.5 Å². The Kier molecular flexibility index (Phi) is 4.33. The predicted octanol–water partition coefficient (Wildman–Crippen LogP) is 2.32. The van der Waals surface area contributed by atoms with E-state index in [1.165, 1.54) is 11.3 Å². The zero-order valence-corrected chi connectivity index (χ0v) is 16.8. The van der Waals surface area contributed by atoms with Gasteiger partial charge in [-0.05, 0) is 6.04 Å². The van der Waals surface area contributed by atoms with E-state index >= 15 is 0 Å². The van der Waals surface area contributed by atoms with Crippen LogP contribution in [0.1, 0.15) is 28.5 Å². The molecule has 1 N–H and O–H groups in total. The van der Waals surface area contributed by atoms with Gasteiger partial charge >= 0.3 is 6.03 Å². The van der Waals surface area contributed by atoms with Gasteiger partial charge in [-0.3, -0.25) is 9.77 Å². The lowest BCUT2D eigenvalue weighted by atomic mass is 10.0. The summed E-state index contributed by atoms with van der Waals surface area (Å²) in [4.78, 5) is 19.4. The molecule has 0 radical (unpaired) electrons. The van der Waals surface area contributed by atoms with Gasteiger partial charge in [-0.25, -0.2) is 9.78 Å². The lowest BCUT2D eigenvalue weighted by Crippen LogP contribution is -2.36. The third-order valence-corrected chi connectivity index (χ3v) is 7.37. The molecule has 11 heteroatoms. The SMILES string of the molecule is C[Si](C)(C)CCOCn1cnnc1[C@@H]1c2ncsc2C2CN1C(=O)N2O. The van der Waals surface area contributed by atoms with Crippen LogP contribution in [0.15, 0.2) is 11.8 Å². The maximum Gasteiger partial charge on any atom is 0.345 e. The van der Waals surface area contributed by atoms with Gasteiger partial charge in [0.25, 0.3) is 0 Å². The minimum atomic E-state index is -1.15. The minimum absolute atomic E-state index is 0.330. The van der Waals surface area contributed by atoms with Gasteiger partial charge in [0, 0.05) is 14.7 Å². The molecule has 2 atom stereocenters. The van der Waals surface area contributed by atoms with Crippen LogP contribution in [0.2, 0.25) is 25.7 Å². The molecule has 1 saturated heterocycles. The standard InChI is InChI=1S/C15H22N6O3SSi/c1-26(2,3)5-4-24-9-19-7-17-18-14(19)12-11-13(25-8-16-11)10-6-20(12)15(22)21(10)23/h7-8,10,12,23H,4-6,9H2,1-3H3/t10?,12-/m0/s1. The molecular formula is C15H22N6O3SSi. The summed E-state index contributed by atoms with van der Waals surface area (Å²) in [7, 11) is -1.15. The number of nitrogens with zero attached hydrogens (tertiary/aromatic N) is 6. The van der Waals surface area contributed by atoms with Gasteiger partial charge in [-0.15, -0.1) is 21.5 Å². The second kappa shape index (κ2) is 6.41. The Balaban J connectivity index is 1.57. The Hall–Kier alpha value is -1.82. The lowest BCUT2D eigenvalue weighted by Gasteiger charge is -2.29. The van der Waals surface area contributed by atoms with E-state index in [2.05, 4.69) is 34.8 Å². The van der Waals surface area contributed by atoms with Gasteiger partial charge in [-0.2, -0.15) is 5.06 Å². The minimum Gasteiger partial charge on any atom is -0.361 e. The molecule has 9 nitrogen and oxygen atoms in total. The largest absolute Gasteiger partial charge is 0.361 e. The molecule has 2 bridgehead atoms. The highest BCUT2D eigenvalue weighted by Crippen LogP contribution is 2.46. The molecule has 1 fully saturated rings. The van der Waals surface area contributed by atoms with E-state index in [0.717, 1.165) is 21.7 Å². The van der Waals surface area contributed by atoms with Gasteiger partial charge < -0.3 is 9.64 Å². The summed E-state index contributed by atoms with van der Waals surface area (Å²) in [5.41, 5.74) is 2.50. The fourth-order valence-corrected chi connectivity index (χ4v) is 4.91. The molecule has 2 aromatic heterocycles. The number of carbonyl (C=O) groups excluding carboxylic acids is 1. The topological polar surface area (TPSA) is 96.6 Å². The summed E-state index contributed by atoms with van der Waals surface area (Å²) in [6.07, 6.45) is 1.61. The van der Waals surface area contributed by atoms with Crippen LogP contribution in [0.25, 0.3) is 0 Å². The molecule has 2 aliphatic rings. The maximum atomic E-state index is 12.4. The van der Waals surface area contributed by atoms with Crippen molar-refractivity contribution in [3.05, 3.63) is 28.2 Å². The van der Waals surface area contributed by atoms with Crippen LogP contribution in [0.3, 0.4) is 0 Å². The van der Waals surface area contributed by atoms with E-state index in [9.17, 15) is 10.0 Å². The van der Waals surface area contributed by atoms with Crippen molar-refractivity contribution in [2.24, 2.45) is 0 Å². The van der Waals surface area contributed by atoms with E-state index in [4.69, 9.17) is 4.74 Å². The molecule has 2 amide bonds. The van der Waals surface area contributed by atoms with Crippen molar-refractivity contribution < 1.29 is 14.7 Å². The van der Waals surface area contributed by atoms with Gasteiger partial charge in [0.1, 0.15) is 25.1 Å². The number of ether oxygens (including phenoxy) is 1. The Bertz CT molecular complexity index is 818. The van der Waals surface area contributed by atoms with Crippen molar-refractivity contribution in [2.75, 3.05) is 13.2 Å². The molecule has 0 aliphatic carbocycles. The molecular weight excluding hydrogens is 372 g/mol. The fraction of sp³-hybridized carbons (Fsp3) is 0.600. The Morgan fingerprint density at radius 2 is 2.23 bits per heavy atom. The van der Waals surface area contributed by atoms with Crippen LogP contribution in [-0.4, -0.2) is 62.2 Å².